The van der Waals surface area contributed by atoms with Gasteiger partial charge in [-0.1, -0.05) is 5.16 Å². The summed E-state index contributed by atoms with van der Waals surface area (Å²) in [5.74, 6) is -3.82. The van der Waals surface area contributed by atoms with Gasteiger partial charge in [0.25, 0.3) is 17.7 Å². The van der Waals surface area contributed by atoms with E-state index in [1.54, 1.807) is 35.5 Å². The van der Waals surface area contributed by atoms with Crippen molar-refractivity contribution in [2.24, 2.45) is 5.16 Å². The van der Waals surface area contributed by atoms with E-state index in [4.69, 9.17) is 5.73 Å². The minimum atomic E-state index is -1.32. The predicted molar refractivity (Wildman–Crippen MR) is 141 cm³/mol. The highest BCUT2D eigenvalue weighted by Gasteiger charge is 2.53. The molecule has 3 amide bonds. The molecule has 2 aromatic heterocycles. The molecule has 206 valence electrons. The van der Waals surface area contributed by atoms with E-state index in [0.29, 0.717) is 36.2 Å². The van der Waals surface area contributed by atoms with Crippen molar-refractivity contribution in [3.63, 3.8) is 0 Å². The van der Waals surface area contributed by atoms with Gasteiger partial charge in [0.15, 0.2) is 10.8 Å². The van der Waals surface area contributed by atoms with Crippen LogP contribution in [0.4, 0.5) is 10.8 Å². The molecule has 0 aromatic carbocycles. The van der Waals surface area contributed by atoms with Gasteiger partial charge in [0, 0.05) is 30.6 Å². The highest BCUT2D eigenvalue weighted by molar-refractivity contribution is 7.13. The maximum Gasteiger partial charge on any atom is 0.352 e. The van der Waals surface area contributed by atoms with Crippen LogP contribution < -0.4 is 16.0 Å². The molecule has 0 spiro atoms. The number of rotatable bonds is 7. The number of carboxylic acids is 1. The number of anilines is 2. The van der Waals surface area contributed by atoms with Crippen molar-refractivity contribution in [2.45, 2.75) is 38.3 Å². The summed E-state index contributed by atoms with van der Waals surface area (Å²) in [5.41, 5.74) is 6.53. The van der Waals surface area contributed by atoms with Gasteiger partial charge in [-0.2, -0.15) is 0 Å². The molecule has 0 saturated carbocycles. The molecule has 0 radical (unpaired) electrons. The molecule has 2 fully saturated rings. The number of nitrogens with two attached hydrogens (primary N) is 1. The number of β-lactam (4-membered cyclic amide) rings is 1. The van der Waals surface area contributed by atoms with Crippen LogP contribution in [0.1, 0.15) is 31.9 Å². The number of amides is 3. The van der Waals surface area contributed by atoms with E-state index >= 15 is 0 Å². The van der Waals surface area contributed by atoms with Gasteiger partial charge in [-0.25, -0.2) is 14.6 Å². The molecule has 14 nitrogen and oxygen atoms in total. The maximum absolute atomic E-state index is 13.1. The lowest BCUT2D eigenvalue weighted by Crippen LogP contribution is -2.72. The summed E-state index contributed by atoms with van der Waals surface area (Å²) >= 11 is 1.04. The van der Waals surface area contributed by atoms with E-state index < -0.39 is 35.8 Å². The van der Waals surface area contributed by atoms with Crippen molar-refractivity contribution in [1.29, 1.82) is 0 Å². The van der Waals surface area contributed by atoms with E-state index in [1.807, 2.05) is 0 Å². The van der Waals surface area contributed by atoms with Gasteiger partial charge in [-0.3, -0.25) is 24.3 Å². The number of nitrogens with one attached hydrogen (secondary N) is 1. The fourth-order valence-corrected chi connectivity index (χ4v) is 5.42. The Balaban J connectivity index is 1.35. The summed E-state index contributed by atoms with van der Waals surface area (Å²) in [6.07, 6.45) is 5.74. The zero-order chi connectivity index (χ0) is 28.6. The van der Waals surface area contributed by atoms with Crippen LogP contribution >= 0.6 is 11.3 Å². The standard InChI is InChI=1S/C25H23N7O7S/c1-12(33)39-30-18(16-11-40-25(26)28-16)21(34)29-19-17-5-4-13(20(24(37)38)32(17)23(19)36)9-14-6-8-31(22(14)35)15-3-2-7-27-10-15/h2-3,7,9-11,17,19H,4-6,8H2,1H3,(H2,26,28)(H,29,34)(H,37,38)/b14-9?,30-18-/t17-,19+/m1/s1. The van der Waals surface area contributed by atoms with Crippen LogP contribution in [-0.4, -0.2) is 74.0 Å². The fraction of sp³-hybridized carbons (Fsp3) is 0.280. The molecule has 3 aliphatic heterocycles. The Morgan fingerprint density at radius 2 is 2.10 bits per heavy atom. The van der Waals surface area contributed by atoms with Gasteiger partial charge in [-0.15, -0.1) is 11.3 Å². The largest absolute Gasteiger partial charge is 0.477 e. The van der Waals surface area contributed by atoms with Gasteiger partial charge >= 0.3 is 11.9 Å². The maximum atomic E-state index is 13.1. The van der Waals surface area contributed by atoms with Crippen LogP contribution in [0.25, 0.3) is 0 Å². The first-order chi connectivity index (χ1) is 19.2. The van der Waals surface area contributed by atoms with Crippen molar-refractivity contribution in [3.05, 3.63) is 58.5 Å². The number of carbonyl (C=O) groups excluding carboxylic acids is 4. The number of pyridine rings is 1. The Kier molecular flexibility index (Phi) is 7.13. The van der Waals surface area contributed by atoms with Gasteiger partial charge < -0.3 is 25.9 Å². The number of thiazole rings is 1. The number of nitrogen functional groups attached to an aromatic ring is 1. The number of fused-ring (bicyclic) bond motifs is 1. The smallest absolute Gasteiger partial charge is 0.352 e. The number of nitrogens with zero attached hydrogens (tertiary/aromatic N) is 5. The topological polar surface area (TPSA) is 197 Å². The van der Waals surface area contributed by atoms with Crippen LogP contribution in [0.5, 0.6) is 0 Å². The Labute approximate surface area is 230 Å². The van der Waals surface area contributed by atoms with Crippen LogP contribution in [0.15, 0.2) is 58.0 Å². The molecule has 3 aliphatic rings. The zero-order valence-electron chi connectivity index (χ0n) is 21.1. The van der Waals surface area contributed by atoms with E-state index in [0.717, 1.165) is 23.2 Å². The summed E-state index contributed by atoms with van der Waals surface area (Å²) in [4.78, 5) is 78.0. The van der Waals surface area contributed by atoms with Crippen LogP contribution in [0, 0.1) is 0 Å². The third-order valence-electron chi connectivity index (χ3n) is 6.64. The first-order valence-electron chi connectivity index (χ1n) is 12.2. The summed E-state index contributed by atoms with van der Waals surface area (Å²) in [6.45, 7) is 1.53. The normalized spacial score (nSPS) is 21.8. The minimum Gasteiger partial charge on any atom is -0.477 e. The second-order valence-corrected chi connectivity index (χ2v) is 10.0. The summed E-state index contributed by atoms with van der Waals surface area (Å²) in [7, 11) is 0. The zero-order valence-corrected chi connectivity index (χ0v) is 21.9. The summed E-state index contributed by atoms with van der Waals surface area (Å²) in [5, 5.41) is 17.7. The van der Waals surface area contributed by atoms with E-state index in [2.05, 4.69) is 25.3 Å². The highest BCUT2D eigenvalue weighted by atomic mass is 32.1. The third-order valence-corrected chi connectivity index (χ3v) is 7.31. The lowest BCUT2D eigenvalue weighted by atomic mass is 9.82. The molecule has 2 aromatic rings. The van der Waals surface area contributed by atoms with Gasteiger partial charge in [0.2, 0.25) is 0 Å². The minimum absolute atomic E-state index is 0.0510. The van der Waals surface area contributed by atoms with Crippen molar-refractivity contribution in [2.75, 3.05) is 17.2 Å². The van der Waals surface area contributed by atoms with Crippen LogP contribution in [0.3, 0.4) is 0 Å². The quantitative estimate of drug-likeness (QED) is 0.140. The molecular weight excluding hydrogens is 542 g/mol. The first kappa shape index (κ1) is 26.7. The molecule has 2 atom stereocenters. The number of hydrogen-bond acceptors (Lipinski definition) is 11. The van der Waals surface area contributed by atoms with Gasteiger partial charge in [0.05, 0.1) is 17.9 Å². The fourth-order valence-electron chi connectivity index (χ4n) is 4.87. The molecule has 40 heavy (non-hydrogen) atoms. The van der Waals surface area contributed by atoms with Crippen molar-refractivity contribution in [3.8, 4) is 0 Å². The monoisotopic (exact) mass is 565 g/mol. The second kappa shape index (κ2) is 10.7. The average molecular weight is 566 g/mol. The summed E-state index contributed by atoms with van der Waals surface area (Å²) in [6, 6.07) is 1.81. The molecule has 5 heterocycles. The molecule has 15 heteroatoms. The molecule has 0 unspecified atom stereocenters. The Bertz CT molecular complexity index is 1510. The van der Waals surface area contributed by atoms with Gasteiger partial charge in [0.1, 0.15) is 17.4 Å². The Morgan fingerprint density at radius 3 is 2.75 bits per heavy atom. The lowest BCUT2D eigenvalue weighted by molar-refractivity contribution is -0.155. The highest BCUT2D eigenvalue weighted by Crippen LogP contribution is 2.38. The average Bonchev–Trinajstić information content (AvgIpc) is 3.52. The lowest BCUT2D eigenvalue weighted by Gasteiger charge is -2.50. The Morgan fingerprint density at radius 1 is 1.30 bits per heavy atom. The SMILES string of the molecule is CC(=O)O/N=C(\C(=O)N[C@@H]1C(=O)N2C(C(=O)O)=C(C=C3CCN(c4cccnc4)C3=O)CC[C@H]12)c1csc(N)n1. The predicted octanol–water partition coefficient (Wildman–Crippen LogP) is 0.579. The number of aliphatic carboxylic acids is 1. The van der Waals surface area contributed by atoms with Crippen LogP contribution in [-0.2, 0) is 28.8 Å². The number of oxime groups is 1. The molecule has 2 saturated heterocycles. The second-order valence-electron chi connectivity index (χ2n) is 9.13. The molecule has 0 bridgehead atoms. The van der Waals surface area contributed by atoms with E-state index in [-0.39, 0.29) is 34.6 Å². The molecular formula is C25H23N7O7S. The number of aromatic nitrogens is 2. The molecule has 4 N–H and O–H groups in total. The van der Waals surface area contributed by atoms with Crippen LogP contribution in [0.2, 0.25) is 0 Å². The number of carboxylic acid groups (broad SMARTS) is 1. The van der Waals surface area contributed by atoms with Crippen molar-refractivity contribution < 1.29 is 33.9 Å². The summed E-state index contributed by atoms with van der Waals surface area (Å²) < 4.78 is 0. The number of allylic oxidation sites excluding steroid dienone is 2. The van der Waals surface area contributed by atoms with Crippen molar-refractivity contribution >= 4 is 57.5 Å². The van der Waals surface area contributed by atoms with Gasteiger partial charge in [-0.05, 0) is 43.0 Å². The molecule has 0 aliphatic carbocycles. The number of hydrogen-bond donors (Lipinski definition) is 3. The van der Waals surface area contributed by atoms with Crippen molar-refractivity contribution in [1.82, 2.24) is 20.2 Å². The molecule has 5 rings (SSSR count). The third kappa shape index (κ3) is 4.93. The van der Waals surface area contributed by atoms with E-state index in [9.17, 15) is 29.1 Å². The van der Waals surface area contributed by atoms with E-state index in [1.165, 1.54) is 5.38 Å². The Hall–Kier alpha value is -4.92. The first-order valence-corrected chi connectivity index (χ1v) is 13.0. The number of carbonyl (C=O) groups is 5.